The molecule has 0 aromatic heterocycles. The van der Waals surface area contributed by atoms with Crippen molar-refractivity contribution in [2.24, 2.45) is 5.92 Å². The van der Waals surface area contributed by atoms with E-state index in [0.717, 1.165) is 22.4 Å². The number of ether oxygens (including phenoxy) is 2. The molecule has 0 radical (unpaired) electrons. The van der Waals surface area contributed by atoms with Gasteiger partial charge in [0, 0.05) is 6.07 Å². The summed E-state index contributed by atoms with van der Waals surface area (Å²) in [5.41, 5.74) is 1.21. The second kappa shape index (κ2) is 5.40. The molecule has 0 heterocycles. The van der Waals surface area contributed by atoms with E-state index in [9.17, 15) is 0 Å². The Kier molecular flexibility index (Phi) is 4.45. The van der Waals surface area contributed by atoms with Crippen molar-refractivity contribution in [3.8, 4) is 11.5 Å². The topological polar surface area (TPSA) is 18.5 Å². The van der Waals surface area contributed by atoms with Gasteiger partial charge in [0.1, 0.15) is 11.5 Å². The van der Waals surface area contributed by atoms with Crippen LogP contribution in [0.1, 0.15) is 19.4 Å². The summed E-state index contributed by atoms with van der Waals surface area (Å²) < 4.78 is 11.5. The molecule has 2 nitrogen and oxygen atoms in total. The van der Waals surface area contributed by atoms with Crippen LogP contribution in [0.25, 0.3) is 0 Å². The number of hydrogen-bond acceptors (Lipinski definition) is 2. The third-order valence-corrected chi connectivity index (χ3v) is 2.80. The lowest BCUT2D eigenvalue weighted by Gasteiger charge is -2.13. The van der Waals surface area contributed by atoms with Crippen molar-refractivity contribution < 1.29 is 9.47 Å². The maximum atomic E-state index is 5.34. The molecule has 1 aromatic carbocycles. The Balaban J connectivity index is 3.09. The van der Waals surface area contributed by atoms with Gasteiger partial charge in [-0.25, -0.2) is 0 Å². The van der Waals surface area contributed by atoms with Crippen LogP contribution >= 0.6 is 15.9 Å². The fraction of sp³-hybridized carbons (Fsp3) is 0.500. The van der Waals surface area contributed by atoms with Crippen molar-refractivity contribution >= 4 is 15.9 Å². The van der Waals surface area contributed by atoms with Crippen LogP contribution in [-0.2, 0) is 6.42 Å². The van der Waals surface area contributed by atoms with Crippen LogP contribution in [0.4, 0.5) is 0 Å². The molecule has 0 aliphatic carbocycles. The molecule has 3 heteroatoms. The Hall–Kier alpha value is -0.700. The molecule has 0 N–H and O–H groups in total. The number of rotatable bonds is 4. The predicted molar refractivity (Wildman–Crippen MR) is 65.8 cm³/mol. The van der Waals surface area contributed by atoms with Crippen LogP contribution in [0.15, 0.2) is 16.6 Å². The van der Waals surface area contributed by atoms with Crippen molar-refractivity contribution in [1.29, 1.82) is 0 Å². The Morgan fingerprint density at radius 3 is 2.20 bits per heavy atom. The number of benzene rings is 1. The van der Waals surface area contributed by atoms with Gasteiger partial charge in [0.25, 0.3) is 0 Å². The molecule has 1 rings (SSSR count). The van der Waals surface area contributed by atoms with Crippen molar-refractivity contribution in [1.82, 2.24) is 0 Å². The molecule has 1 aromatic rings. The van der Waals surface area contributed by atoms with E-state index in [1.165, 1.54) is 5.56 Å². The monoisotopic (exact) mass is 272 g/mol. The lowest BCUT2D eigenvalue weighted by Crippen LogP contribution is -1.99. The largest absolute Gasteiger partial charge is 0.496 e. The molecular formula is C12H17BrO2. The number of hydrogen-bond donors (Lipinski definition) is 0. The van der Waals surface area contributed by atoms with E-state index in [1.54, 1.807) is 14.2 Å². The first kappa shape index (κ1) is 12.4. The zero-order valence-electron chi connectivity index (χ0n) is 9.63. The van der Waals surface area contributed by atoms with Gasteiger partial charge in [-0.1, -0.05) is 13.8 Å². The average molecular weight is 273 g/mol. The first-order valence-electron chi connectivity index (χ1n) is 4.98. The summed E-state index contributed by atoms with van der Waals surface area (Å²) in [4.78, 5) is 0. The molecule has 0 aliphatic heterocycles. The minimum absolute atomic E-state index is 0.610. The van der Waals surface area contributed by atoms with Crippen LogP contribution in [0, 0.1) is 5.92 Å². The third-order valence-electron chi connectivity index (χ3n) is 2.18. The highest BCUT2D eigenvalue weighted by molar-refractivity contribution is 9.10. The summed E-state index contributed by atoms with van der Waals surface area (Å²) in [5, 5.41) is 0. The van der Waals surface area contributed by atoms with Crippen molar-refractivity contribution in [3.05, 3.63) is 22.2 Å². The van der Waals surface area contributed by atoms with Gasteiger partial charge in [0.2, 0.25) is 0 Å². The maximum absolute atomic E-state index is 5.34. The van der Waals surface area contributed by atoms with Gasteiger partial charge in [-0.05, 0) is 39.9 Å². The van der Waals surface area contributed by atoms with E-state index in [4.69, 9.17) is 9.47 Å². The molecule has 0 aliphatic rings. The van der Waals surface area contributed by atoms with Gasteiger partial charge in [0.15, 0.2) is 0 Å². The molecule has 0 saturated carbocycles. The van der Waals surface area contributed by atoms with Gasteiger partial charge in [-0.2, -0.15) is 0 Å². The summed E-state index contributed by atoms with van der Waals surface area (Å²) in [6, 6.07) is 3.99. The summed E-state index contributed by atoms with van der Waals surface area (Å²) in [7, 11) is 3.34. The molecule has 0 unspecified atom stereocenters. The van der Waals surface area contributed by atoms with Gasteiger partial charge in [0.05, 0.1) is 18.7 Å². The van der Waals surface area contributed by atoms with E-state index in [1.807, 2.05) is 6.07 Å². The molecule has 15 heavy (non-hydrogen) atoms. The van der Waals surface area contributed by atoms with E-state index < -0.39 is 0 Å². The summed E-state index contributed by atoms with van der Waals surface area (Å²) in [6.07, 6.45) is 1.01. The van der Waals surface area contributed by atoms with Crippen LogP contribution in [0.5, 0.6) is 11.5 Å². The molecule has 0 fully saturated rings. The fourth-order valence-electron chi connectivity index (χ4n) is 1.52. The van der Waals surface area contributed by atoms with Crippen molar-refractivity contribution in [2.75, 3.05) is 14.2 Å². The third kappa shape index (κ3) is 3.13. The molecule has 0 saturated heterocycles. The van der Waals surface area contributed by atoms with Crippen LogP contribution in [0.2, 0.25) is 0 Å². The Morgan fingerprint density at radius 1 is 1.13 bits per heavy atom. The zero-order valence-corrected chi connectivity index (χ0v) is 11.2. The Morgan fingerprint density at radius 2 is 1.73 bits per heavy atom. The van der Waals surface area contributed by atoms with Gasteiger partial charge in [-0.3, -0.25) is 0 Å². The van der Waals surface area contributed by atoms with Gasteiger partial charge < -0.3 is 9.47 Å². The number of halogens is 1. The van der Waals surface area contributed by atoms with Crippen LogP contribution < -0.4 is 9.47 Å². The highest BCUT2D eigenvalue weighted by Crippen LogP contribution is 2.33. The molecule has 84 valence electrons. The second-order valence-corrected chi connectivity index (χ2v) is 4.75. The summed E-state index contributed by atoms with van der Waals surface area (Å²) >= 11 is 3.48. The van der Waals surface area contributed by atoms with Crippen molar-refractivity contribution in [3.63, 3.8) is 0 Å². The normalized spacial score (nSPS) is 10.5. The molecule has 0 bridgehead atoms. The first-order chi connectivity index (χ1) is 7.08. The molecule has 0 spiro atoms. The minimum atomic E-state index is 0.610. The molecule has 0 atom stereocenters. The van der Waals surface area contributed by atoms with Gasteiger partial charge >= 0.3 is 0 Å². The smallest absolute Gasteiger partial charge is 0.136 e. The zero-order chi connectivity index (χ0) is 11.4. The van der Waals surface area contributed by atoms with Gasteiger partial charge in [-0.15, -0.1) is 0 Å². The molecular weight excluding hydrogens is 256 g/mol. The minimum Gasteiger partial charge on any atom is -0.496 e. The maximum Gasteiger partial charge on any atom is 0.136 e. The number of methoxy groups -OCH3 is 2. The molecule has 0 amide bonds. The predicted octanol–water partition coefficient (Wildman–Crippen LogP) is 3.66. The average Bonchev–Trinajstić information content (AvgIpc) is 2.17. The standard InChI is InChI=1S/C12H17BrO2/c1-8(2)5-9-6-10(13)12(15-4)7-11(9)14-3/h6-8H,5H2,1-4H3. The first-order valence-corrected chi connectivity index (χ1v) is 5.78. The van der Waals surface area contributed by atoms with Crippen molar-refractivity contribution in [2.45, 2.75) is 20.3 Å². The highest BCUT2D eigenvalue weighted by Gasteiger charge is 2.10. The second-order valence-electron chi connectivity index (χ2n) is 3.90. The SMILES string of the molecule is COc1cc(OC)c(CC(C)C)cc1Br. The van der Waals surface area contributed by atoms with E-state index in [2.05, 4.69) is 35.8 Å². The van der Waals surface area contributed by atoms with E-state index >= 15 is 0 Å². The lowest BCUT2D eigenvalue weighted by atomic mass is 10.0. The highest BCUT2D eigenvalue weighted by atomic mass is 79.9. The Bertz CT molecular complexity index is 335. The lowest BCUT2D eigenvalue weighted by molar-refractivity contribution is 0.387. The van der Waals surface area contributed by atoms with Crippen LogP contribution in [-0.4, -0.2) is 14.2 Å². The quantitative estimate of drug-likeness (QED) is 0.833. The Labute approximate surface area is 99.7 Å². The summed E-state index contributed by atoms with van der Waals surface area (Å²) in [6.45, 7) is 4.38. The van der Waals surface area contributed by atoms with E-state index in [0.29, 0.717) is 5.92 Å². The van der Waals surface area contributed by atoms with E-state index in [-0.39, 0.29) is 0 Å². The fourth-order valence-corrected chi connectivity index (χ4v) is 2.07. The summed E-state index contributed by atoms with van der Waals surface area (Å²) in [5.74, 6) is 2.31. The van der Waals surface area contributed by atoms with Crippen LogP contribution in [0.3, 0.4) is 0 Å².